The first-order valence-electron chi connectivity index (χ1n) is 10.0. The number of carbonyl (C=O) groups is 1. The van der Waals surface area contributed by atoms with Crippen LogP contribution in [-0.4, -0.2) is 17.0 Å². The molecule has 0 saturated heterocycles. The summed E-state index contributed by atoms with van der Waals surface area (Å²) in [7, 11) is 0. The first-order valence-corrected chi connectivity index (χ1v) is 10.0. The summed E-state index contributed by atoms with van der Waals surface area (Å²) in [6, 6.07) is 0. The molecule has 2 nitrogen and oxygen atoms in total. The zero-order valence-corrected chi connectivity index (χ0v) is 15.2. The Morgan fingerprint density at radius 2 is 1.61 bits per heavy atom. The van der Waals surface area contributed by atoms with Crippen molar-refractivity contribution in [3.8, 4) is 0 Å². The van der Waals surface area contributed by atoms with Crippen LogP contribution in [0.2, 0.25) is 0 Å². The summed E-state index contributed by atoms with van der Waals surface area (Å²) >= 11 is 0. The van der Waals surface area contributed by atoms with E-state index in [9.17, 15) is 9.90 Å². The number of hydrogen-bond donors (Lipinski definition) is 1. The summed E-state index contributed by atoms with van der Waals surface area (Å²) in [5, 5.41) is 10.1. The minimum Gasteiger partial charge on any atom is -0.393 e. The Bertz CT molecular complexity index is 500. The van der Waals surface area contributed by atoms with Crippen molar-refractivity contribution in [3.63, 3.8) is 0 Å². The van der Waals surface area contributed by atoms with Gasteiger partial charge in [0, 0.05) is 5.92 Å². The Morgan fingerprint density at radius 3 is 2.35 bits per heavy atom. The second kappa shape index (κ2) is 5.31. The van der Waals surface area contributed by atoms with Crippen LogP contribution in [-0.2, 0) is 4.79 Å². The maximum atomic E-state index is 12.2. The Labute approximate surface area is 141 Å². The van der Waals surface area contributed by atoms with E-state index in [0.29, 0.717) is 17.1 Å². The van der Waals surface area contributed by atoms with Gasteiger partial charge in [0.15, 0.2) is 0 Å². The Kier molecular flexibility index (Phi) is 3.72. The molecule has 0 spiro atoms. The van der Waals surface area contributed by atoms with Gasteiger partial charge in [-0.05, 0) is 99.2 Å². The fourth-order valence-electron chi connectivity index (χ4n) is 7.90. The first-order chi connectivity index (χ1) is 10.9. The molecule has 0 radical (unpaired) electrons. The van der Waals surface area contributed by atoms with Crippen LogP contribution in [0.25, 0.3) is 0 Å². The van der Waals surface area contributed by atoms with E-state index in [-0.39, 0.29) is 11.5 Å². The van der Waals surface area contributed by atoms with Gasteiger partial charge < -0.3 is 5.11 Å². The number of fused-ring (bicyclic) bond motifs is 5. The van der Waals surface area contributed by atoms with Crippen molar-refractivity contribution in [2.24, 2.45) is 40.4 Å². The minimum absolute atomic E-state index is 0.0490. The number of rotatable bonds is 1. The van der Waals surface area contributed by atoms with Gasteiger partial charge in [0.05, 0.1) is 6.10 Å². The second-order valence-electron chi connectivity index (χ2n) is 9.87. The van der Waals surface area contributed by atoms with E-state index in [2.05, 4.69) is 13.8 Å². The zero-order valence-electron chi connectivity index (χ0n) is 15.2. The molecule has 0 amide bonds. The van der Waals surface area contributed by atoms with Gasteiger partial charge in [-0.1, -0.05) is 13.8 Å². The molecule has 4 rings (SSSR count). The lowest BCUT2D eigenvalue weighted by Crippen LogP contribution is -2.54. The maximum absolute atomic E-state index is 12.2. The van der Waals surface area contributed by atoms with E-state index in [4.69, 9.17) is 0 Å². The quantitative estimate of drug-likeness (QED) is 0.767. The molecule has 1 unspecified atom stereocenters. The molecule has 23 heavy (non-hydrogen) atoms. The highest BCUT2D eigenvalue weighted by Crippen LogP contribution is 2.67. The zero-order chi connectivity index (χ0) is 16.4. The fourth-order valence-corrected chi connectivity index (χ4v) is 7.90. The smallest absolute Gasteiger partial charge is 0.133 e. The molecule has 4 aliphatic rings. The molecule has 0 aliphatic heterocycles. The van der Waals surface area contributed by atoms with E-state index >= 15 is 0 Å². The van der Waals surface area contributed by atoms with Gasteiger partial charge in [-0.25, -0.2) is 0 Å². The van der Waals surface area contributed by atoms with Crippen LogP contribution in [0.4, 0.5) is 0 Å². The van der Waals surface area contributed by atoms with Crippen molar-refractivity contribution in [3.05, 3.63) is 0 Å². The van der Waals surface area contributed by atoms with Crippen molar-refractivity contribution in [1.82, 2.24) is 0 Å². The average Bonchev–Trinajstić information content (AvgIpc) is 2.85. The number of aliphatic hydroxyl groups excluding tert-OH is 1. The van der Waals surface area contributed by atoms with Crippen molar-refractivity contribution in [1.29, 1.82) is 0 Å². The van der Waals surface area contributed by atoms with E-state index in [0.717, 1.165) is 42.9 Å². The molecule has 4 fully saturated rings. The number of hydrogen-bond acceptors (Lipinski definition) is 2. The standard InChI is InChI=1S/C21H34O2/c1-13(22)17-6-7-18-16-5-4-14-12-15(23)8-10-20(14,2)19(16)9-11-21(17,18)3/h14-19,23H,4-12H2,1-3H3/t14-,15?,16+,17+,18-,19-,20-,21-/m0/s1. The molecule has 8 atom stereocenters. The lowest BCUT2D eigenvalue weighted by Gasteiger charge is -2.60. The summed E-state index contributed by atoms with van der Waals surface area (Å²) in [4.78, 5) is 12.2. The van der Waals surface area contributed by atoms with Crippen molar-refractivity contribution < 1.29 is 9.90 Å². The summed E-state index contributed by atoms with van der Waals surface area (Å²) in [5.74, 6) is 3.97. The maximum Gasteiger partial charge on any atom is 0.133 e. The van der Waals surface area contributed by atoms with Crippen LogP contribution in [0.3, 0.4) is 0 Å². The molecule has 130 valence electrons. The van der Waals surface area contributed by atoms with E-state index in [1.807, 2.05) is 6.92 Å². The van der Waals surface area contributed by atoms with E-state index in [1.165, 1.54) is 38.5 Å². The normalized spacial score (nSPS) is 55.7. The van der Waals surface area contributed by atoms with Crippen molar-refractivity contribution >= 4 is 5.78 Å². The molecule has 0 heterocycles. The number of ketones is 1. The molecule has 0 aromatic rings. The van der Waals surface area contributed by atoms with Crippen LogP contribution in [0, 0.1) is 40.4 Å². The van der Waals surface area contributed by atoms with Crippen LogP contribution >= 0.6 is 0 Å². The van der Waals surface area contributed by atoms with Crippen LogP contribution in [0.1, 0.15) is 78.6 Å². The SMILES string of the molecule is CC(=O)[C@H]1CC[C@H]2[C@H]3CC[C@H]4CC(O)CC[C@]4(C)[C@H]3CC[C@@]12C. The molecule has 0 aromatic carbocycles. The van der Waals surface area contributed by atoms with Crippen molar-refractivity contribution in [2.45, 2.75) is 84.7 Å². The third kappa shape index (κ3) is 2.19. The third-order valence-electron chi connectivity index (χ3n) is 9.13. The van der Waals surface area contributed by atoms with Gasteiger partial charge in [-0.2, -0.15) is 0 Å². The molecule has 0 aromatic heterocycles. The Hall–Kier alpha value is -0.370. The molecule has 0 bridgehead atoms. The summed E-state index contributed by atoms with van der Waals surface area (Å²) in [5.41, 5.74) is 0.738. The summed E-state index contributed by atoms with van der Waals surface area (Å²) in [6.07, 6.45) is 10.9. The largest absolute Gasteiger partial charge is 0.393 e. The first kappa shape index (κ1) is 16.1. The summed E-state index contributed by atoms with van der Waals surface area (Å²) < 4.78 is 0. The van der Waals surface area contributed by atoms with Gasteiger partial charge in [0.1, 0.15) is 5.78 Å². The molecule has 4 aliphatic carbocycles. The highest BCUT2D eigenvalue weighted by atomic mass is 16.3. The van der Waals surface area contributed by atoms with Crippen LogP contribution in [0.5, 0.6) is 0 Å². The Balaban J connectivity index is 1.61. The van der Waals surface area contributed by atoms with Crippen LogP contribution in [0.15, 0.2) is 0 Å². The third-order valence-corrected chi connectivity index (χ3v) is 9.13. The van der Waals surface area contributed by atoms with Gasteiger partial charge in [0.25, 0.3) is 0 Å². The second-order valence-corrected chi connectivity index (χ2v) is 9.87. The van der Waals surface area contributed by atoms with Gasteiger partial charge in [-0.15, -0.1) is 0 Å². The molecular formula is C21H34O2. The number of Topliss-reactive ketones (excluding diaryl/α,β-unsaturated/α-hetero) is 1. The minimum atomic E-state index is -0.0490. The number of carbonyl (C=O) groups excluding carboxylic acids is 1. The lowest BCUT2D eigenvalue weighted by molar-refractivity contribution is -0.138. The monoisotopic (exact) mass is 318 g/mol. The fraction of sp³-hybridized carbons (Fsp3) is 0.952. The molecule has 4 saturated carbocycles. The highest BCUT2D eigenvalue weighted by Gasteiger charge is 2.60. The van der Waals surface area contributed by atoms with Gasteiger partial charge in [-0.3, -0.25) is 4.79 Å². The highest BCUT2D eigenvalue weighted by molar-refractivity contribution is 5.79. The average molecular weight is 319 g/mol. The predicted octanol–water partition coefficient (Wildman–Crippen LogP) is 4.60. The van der Waals surface area contributed by atoms with E-state index < -0.39 is 0 Å². The predicted molar refractivity (Wildman–Crippen MR) is 91.9 cm³/mol. The van der Waals surface area contributed by atoms with Crippen LogP contribution < -0.4 is 0 Å². The molecule has 1 N–H and O–H groups in total. The van der Waals surface area contributed by atoms with Gasteiger partial charge in [0.2, 0.25) is 0 Å². The molecule has 2 heteroatoms. The lowest BCUT2D eigenvalue weighted by atomic mass is 9.44. The summed E-state index contributed by atoms with van der Waals surface area (Å²) in [6.45, 7) is 6.80. The van der Waals surface area contributed by atoms with Gasteiger partial charge >= 0.3 is 0 Å². The van der Waals surface area contributed by atoms with Crippen molar-refractivity contribution in [2.75, 3.05) is 0 Å². The number of aliphatic hydroxyl groups is 1. The Morgan fingerprint density at radius 1 is 0.913 bits per heavy atom. The van der Waals surface area contributed by atoms with E-state index in [1.54, 1.807) is 0 Å². The topological polar surface area (TPSA) is 37.3 Å². The molecular weight excluding hydrogens is 284 g/mol.